The zero-order valence-electron chi connectivity index (χ0n) is 15.0. The van der Waals surface area contributed by atoms with E-state index in [4.69, 9.17) is 4.74 Å². The van der Waals surface area contributed by atoms with Crippen LogP contribution in [-0.4, -0.2) is 30.0 Å². The van der Waals surface area contributed by atoms with Crippen molar-refractivity contribution in [1.29, 1.82) is 0 Å². The highest BCUT2D eigenvalue weighted by Gasteiger charge is 2.24. The van der Waals surface area contributed by atoms with E-state index in [0.717, 1.165) is 30.7 Å². The van der Waals surface area contributed by atoms with Crippen molar-refractivity contribution in [2.24, 2.45) is 0 Å². The molecular weight excluding hydrogens is 310 g/mol. The van der Waals surface area contributed by atoms with Crippen molar-refractivity contribution in [3.05, 3.63) is 54.6 Å². The maximum atomic E-state index is 12.5. The van der Waals surface area contributed by atoms with Gasteiger partial charge in [-0.15, -0.1) is 0 Å². The summed E-state index contributed by atoms with van der Waals surface area (Å²) in [6.07, 6.45) is 6.02. The molecule has 0 atom stereocenters. The topological polar surface area (TPSA) is 29.5 Å². The van der Waals surface area contributed by atoms with Gasteiger partial charge in [0.15, 0.2) is 6.61 Å². The Hall–Kier alpha value is -2.29. The van der Waals surface area contributed by atoms with E-state index in [0.29, 0.717) is 6.04 Å². The van der Waals surface area contributed by atoms with E-state index < -0.39 is 0 Å². The number of hydrogen-bond acceptors (Lipinski definition) is 2. The zero-order chi connectivity index (χ0) is 17.5. The van der Waals surface area contributed by atoms with Crippen LogP contribution in [0, 0.1) is 0 Å². The van der Waals surface area contributed by atoms with Gasteiger partial charge in [0.25, 0.3) is 5.91 Å². The molecule has 132 valence electrons. The number of rotatable bonds is 6. The molecule has 2 aromatic carbocycles. The Labute approximate surface area is 150 Å². The number of amides is 1. The van der Waals surface area contributed by atoms with Crippen LogP contribution in [0.4, 0.5) is 0 Å². The molecule has 3 nitrogen and oxygen atoms in total. The third-order valence-corrected chi connectivity index (χ3v) is 5.00. The minimum atomic E-state index is 0.0986. The van der Waals surface area contributed by atoms with Crippen molar-refractivity contribution in [2.75, 3.05) is 13.2 Å². The molecular formula is C22H27NO2. The van der Waals surface area contributed by atoms with Gasteiger partial charge in [0.2, 0.25) is 0 Å². The van der Waals surface area contributed by atoms with Crippen LogP contribution in [0.2, 0.25) is 0 Å². The van der Waals surface area contributed by atoms with E-state index in [1.807, 2.05) is 47.4 Å². The number of carbonyl (C=O) groups excluding carboxylic acids is 1. The number of benzene rings is 2. The summed E-state index contributed by atoms with van der Waals surface area (Å²) in [6, 6.07) is 18.6. The number of carbonyl (C=O) groups is 1. The molecule has 0 radical (unpaired) electrons. The summed E-state index contributed by atoms with van der Waals surface area (Å²) < 4.78 is 5.74. The number of ether oxygens (including phenoxy) is 1. The Morgan fingerprint density at radius 3 is 2.24 bits per heavy atom. The second kappa shape index (κ2) is 8.70. The molecule has 0 unspecified atom stereocenters. The molecule has 2 aromatic rings. The molecule has 1 fully saturated rings. The van der Waals surface area contributed by atoms with Crippen molar-refractivity contribution in [2.45, 2.75) is 45.1 Å². The highest BCUT2D eigenvalue weighted by molar-refractivity contribution is 5.78. The van der Waals surface area contributed by atoms with E-state index in [9.17, 15) is 4.79 Å². The molecule has 0 heterocycles. The average molecular weight is 337 g/mol. The van der Waals surface area contributed by atoms with Gasteiger partial charge in [-0.1, -0.05) is 61.7 Å². The quantitative estimate of drug-likeness (QED) is 0.749. The lowest BCUT2D eigenvalue weighted by molar-refractivity contribution is -0.136. The zero-order valence-corrected chi connectivity index (χ0v) is 15.0. The molecule has 1 aliphatic carbocycles. The molecule has 0 saturated heterocycles. The summed E-state index contributed by atoms with van der Waals surface area (Å²) >= 11 is 0. The van der Waals surface area contributed by atoms with Gasteiger partial charge in [-0.25, -0.2) is 0 Å². The minimum Gasteiger partial charge on any atom is -0.484 e. The lowest BCUT2D eigenvalue weighted by Gasteiger charge is -2.33. The van der Waals surface area contributed by atoms with Gasteiger partial charge in [0.05, 0.1) is 0 Å². The Bertz CT molecular complexity index is 660. The molecule has 1 aliphatic rings. The van der Waals surface area contributed by atoms with Crippen LogP contribution in [0.1, 0.15) is 39.0 Å². The molecule has 25 heavy (non-hydrogen) atoms. The van der Waals surface area contributed by atoms with E-state index >= 15 is 0 Å². The number of hydrogen-bond donors (Lipinski definition) is 0. The Morgan fingerprint density at radius 2 is 1.60 bits per heavy atom. The second-order valence-electron chi connectivity index (χ2n) is 6.65. The van der Waals surface area contributed by atoms with E-state index in [-0.39, 0.29) is 12.5 Å². The first kappa shape index (κ1) is 17.5. The highest BCUT2D eigenvalue weighted by Crippen LogP contribution is 2.24. The Kier molecular flexibility index (Phi) is 6.10. The van der Waals surface area contributed by atoms with Gasteiger partial charge >= 0.3 is 0 Å². The summed E-state index contributed by atoms with van der Waals surface area (Å²) in [7, 11) is 0. The predicted molar refractivity (Wildman–Crippen MR) is 102 cm³/mol. The second-order valence-corrected chi connectivity index (χ2v) is 6.65. The van der Waals surface area contributed by atoms with Gasteiger partial charge in [-0.2, -0.15) is 0 Å². The molecule has 3 heteroatoms. The van der Waals surface area contributed by atoms with Crippen LogP contribution in [0.3, 0.4) is 0 Å². The summed E-state index contributed by atoms with van der Waals surface area (Å²) in [5.41, 5.74) is 2.33. The van der Waals surface area contributed by atoms with Gasteiger partial charge in [0, 0.05) is 12.6 Å². The van der Waals surface area contributed by atoms with Crippen molar-refractivity contribution in [1.82, 2.24) is 4.90 Å². The Morgan fingerprint density at radius 1 is 0.960 bits per heavy atom. The molecule has 0 aromatic heterocycles. The van der Waals surface area contributed by atoms with Crippen LogP contribution in [0.15, 0.2) is 54.6 Å². The fourth-order valence-electron chi connectivity index (χ4n) is 3.63. The first-order valence-corrected chi connectivity index (χ1v) is 9.35. The van der Waals surface area contributed by atoms with Crippen LogP contribution >= 0.6 is 0 Å². The Balaban J connectivity index is 1.56. The highest BCUT2D eigenvalue weighted by atomic mass is 16.5. The summed E-state index contributed by atoms with van der Waals surface area (Å²) in [5, 5.41) is 0. The van der Waals surface area contributed by atoms with Crippen LogP contribution in [0.5, 0.6) is 5.75 Å². The molecule has 1 saturated carbocycles. The van der Waals surface area contributed by atoms with Crippen molar-refractivity contribution < 1.29 is 9.53 Å². The van der Waals surface area contributed by atoms with E-state index in [1.54, 1.807) is 0 Å². The third-order valence-electron chi connectivity index (χ3n) is 5.00. The van der Waals surface area contributed by atoms with Gasteiger partial charge in [0.1, 0.15) is 5.75 Å². The first-order chi connectivity index (χ1) is 12.3. The fourth-order valence-corrected chi connectivity index (χ4v) is 3.63. The van der Waals surface area contributed by atoms with Crippen molar-refractivity contribution >= 4 is 5.91 Å². The van der Waals surface area contributed by atoms with E-state index in [1.165, 1.54) is 24.8 Å². The lowest BCUT2D eigenvalue weighted by Crippen LogP contribution is -2.43. The van der Waals surface area contributed by atoms with Gasteiger partial charge in [-0.3, -0.25) is 4.79 Å². The SMILES string of the molecule is CCN(C(=O)COc1ccc(-c2ccccc2)cc1)C1CCCCC1. The van der Waals surface area contributed by atoms with Gasteiger partial charge < -0.3 is 9.64 Å². The maximum absolute atomic E-state index is 12.5. The smallest absolute Gasteiger partial charge is 0.260 e. The van der Waals surface area contributed by atoms with Crippen molar-refractivity contribution in [3.8, 4) is 16.9 Å². The fraction of sp³-hybridized carbons (Fsp3) is 0.409. The van der Waals surface area contributed by atoms with Crippen LogP contribution in [-0.2, 0) is 4.79 Å². The van der Waals surface area contributed by atoms with Crippen LogP contribution < -0.4 is 4.74 Å². The molecule has 0 N–H and O–H groups in total. The normalized spacial score (nSPS) is 14.9. The van der Waals surface area contributed by atoms with E-state index in [2.05, 4.69) is 19.1 Å². The first-order valence-electron chi connectivity index (χ1n) is 9.35. The van der Waals surface area contributed by atoms with Crippen molar-refractivity contribution in [3.63, 3.8) is 0 Å². The number of nitrogens with zero attached hydrogens (tertiary/aromatic N) is 1. The minimum absolute atomic E-state index is 0.0986. The predicted octanol–water partition coefficient (Wildman–Crippen LogP) is 4.91. The summed E-state index contributed by atoms with van der Waals surface area (Å²) in [4.78, 5) is 14.5. The molecule has 3 rings (SSSR count). The largest absolute Gasteiger partial charge is 0.484 e. The molecule has 1 amide bonds. The molecule has 0 aliphatic heterocycles. The van der Waals surface area contributed by atoms with Crippen LogP contribution in [0.25, 0.3) is 11.1 Å². The monoisotopic (exact) mass is 337 g/mol. The summed E-state index contributed by atoms with van der Waals surface area (Å²) in [5.74, 6) is 0.842. The summed E-state index contributed by atoms with van der Waals surface area (Å²) in [6.45, 7) is 2.94. The standard InChI is InChI=1S/C22H27NO2/c1-2-23(20-11-7-4-8-12-20)22(24)17-25-21-15-13-19(14-16-21)18-9-5-3-6-10-18/h3,5-6,9-10,13-16,20H,2,4,7-8,11-12,17H2,1H3. The van der Waals surface area contributed by atoms with Gasteiger partial charge in [-0.05, 0) is 43.0 Å². The third kappa shape index (κ3) is 4.62. The molecule has 0 bridgehead atoms. The average Bonchev–Trinajstić information content (AvgIpc) is 2.69. The maximum Gasteiger partial charge on any atom is 0.260 e. The number of likely N-dealkylation sites (N-methyl/N-ethyl adjacent to an activating group) is 1. The lowest BCUT2D eigenvalue weighted by atomic mass is 9.94. The molecule has 0 spiro atoms.